The molecule has 2 rings (SSSR count). The van der Waals surface area contributed by atoms with Gasteiger partial charge >= 0.3 is 0 Å². The van der Waals surface area contributed by atoms with Gasteiger partial charge in [0.25, 0.3) is 0 Å². The van der Waals surface area contributed by atoms with Crippen molar-refractivity contribution in [2.45, 2.75) is 32.1 Å². The molecule has 0 bridgehead atoms. The highest BCUT2D eigenvalue weighted by Crippen LogP contribution is 2.34. The van der Waals surface area contributed by atoms with Crippen LogP contribution in [0.1, 0.15) is 37.0 Å². The number of hydrogen-bond donors (Lipinski definition) is 0. The maximum atomic E-state index is 12.1. The van der Waals surface area contributed by atoms with Crippen LogP contribution in [0.3, 0.4) is 0 Å². The first-order valence-corrected chi connectivity index (χ1v) is 9.84. The smallest absolute Gasteiger partial charge is 0.233 e. The van der Waals surface area contributed by atoms with Crippen LogP contribution in [0, 0.1) is 5.92 Å². The van der Waals surface area contributed by atoms with E-state index in [0.717, 1.165) is 18.4 Å². The van der Waals surface area contributed by atoms with E-state index in [-0.39, 0.29) is 16.4 Å². The Morgan fingerprint density at radius 2 is 2.00 bits per heavy atom. The Kier molecular flexibility index (Phi) is 6.83. The molecule has 0 spiro atoms. The second kappa shape index (κ2) is 8.63. The Balaban J connectivity index is 1.87. The number of carbonyl (C=O) groups is 2. The highest BCUT2D eigenvalue weighted by molar-refractivity contribution is 8.14. The second-order valence-electron chi connectivity index (χ2n) is 5.37. The summed E-state index contributed by atoms with van der Waals surface area (Å²) in [6.07, 6.45) is 2.18. The third-order valence-electron chi connectivity index (χ3n) is 4.03. The first-order chi connectivity index (χ1) is 10.7. The molecule has 0 saturated carbocycles. The molecule has 0 radical (unpaired) electrons. The highest BCUT2D eigenvalue weighted by Gasteiger charge is 2.35. The topological polar surface area (TPSA) is 37.4 Å². The minimum Gasteiger partial charge on any atom is -0.329 e. The molecule has 1 unspecified atom stereocenters. The van der Waals surface area contributed by atoms with E-state index in [1.807, 2.05) is 35.2 Å². The normalized spacial score (nSPS) is 18.2. The van der Waals surface area contributed by atoms with E-state index >= 15 is 0 Å². The molecule has 0 aliphatic carbocycles. The van der Waals surface area contributed by atoms with Crippen molar-refractivity contribution in [3.63, 3.8) is 0 Å². The lowest BCUT2D eigenvalue weighted by atomic mass is 10.0. The van der Waals surface area contributed by atoms with Gasteiger partial charge in [0, 0.05) is 17.9 Å². The number of benzene rings is 1. The molecule has 22 heavy (non-hydrogen) atoms. The predicted octanol–water partition coefficient (Wildman–Crippen LogP) is 3.90. The van der Waals surface area contributed by atoms with Crippen LogP contribution in [0.15, 0.2) is 30.3 Å². The average molecular weight is 338 g/mol. The predicted molar refractivity (Wildman–Crippen MR) is 95.3 cm³/mol. The molecular formula is C17H23NO2S2. The molecule has 1 amide bonds. The zero-order valence-corrected chi connectivity index (χ0v) is 14.8. The van der Waals surface area contributed by atoms with Gasteiger partial charge in [-0.2, -0.15) is 0 Å². The van der Waals surface area contributed by atoms with Gasteiger partial charge in [-0.05, 0) is 5.92 Å². The summed E-state index contributed by atoms with van der Waals surface area (Å²) < 4.78 is 0. The highest BCUT2D eigenvalue weighted by atomic mass is 32.2. The largest absolute Gasteiger partial charge is 0.329 e. The molecule has 1 saturated heterocycles. The maximum Gasteiger partial charge on any atom is 0.233 e. The van der Waals surface area contributed by atoms with E-state index in [1.165, 1.54) is 11.8 Å². The second-order valence-corrected chi connectivity index (χ2v) is 7.54. The van der Waals surface area contributed by atoms with E-state index in [0.29, 0.717) is 24.0 Å². The van der Waals surface area contributed by atoms with E-state index in [1.54, 1.807) is 11.8 Å². The summed E-state index contributed by atoms with van der Waals surface area (Å²) in [5.41, 5.74) is 0.728. The fourth-order valence-corrected chi connectivity index (χ4v) is 5.02. The molecule has 1 aliphatic heterocycles. The van der Waals surface area contributed by atoms with Gasteiger partial charge in [-0.15, -0.1) is 11.8 Å². The Bertz CT molecular complexity index is 503. The van der Waals surface area contributed by atoms with Crippen molar-refractivity contribution >= 4 is 34.5 Å². The Labute approximate surface area is 141 Å². The van der Waals surface area contributed by atoms with Crippen molar-refractivity contribution in [3.8, 4) is 0 Å². The fraction of sp³-hybridized carbons (Fsp3) is 0.529. The number of thioether (sulfide) groups is 2. The van der Waals surface area contributed by atoms with Crippen LogP contribution in [0.5, 0.6) is 0 Å². The third kappa shape index (κ3) is 4.29. The molecule has 0 N–H and O–H groups in total. The first kappa shape index (κ1) is 17.4. The van der Waals surface area contributed by atoms with Gasteiger partial charge in [0.15, 0.2) is 0 Å². The van der Waals surface area contributed by atoms with Gasteiger partial charge in [0.05, 0.1) is 11.1 Å². The van der Waals surface area contributed by atoms with Crippen molar-refractivity contribution in [1.29, 1.82) is 0 Å². The summed E-state index contributed by atoms with van der Waals surface area (Å²) in [5, 5.41) is 0.369. The van der Waals surface area contributed by atoms with Crippen LogP contribution in [-0.2, 0) is 4.79 Å². The summed E-state index contributed by atoms with van der Waals surface area (Å²) in [6.45, 7) is 5.03. The Morgan fingerprint density at radius 3 is 2.64 bits per heavy atom. The van der Waals surface area contributed by atoms with Crippen molar-refractivity contribution in [2.75, 3.05) is 18.1 Å². The van der Waals surface area contributed by atoms with Crippen LogP contribution in [0.4, 0.5) is 0 Å². The molecule has 1 aromatic rings. The Hall–Kier alpha value is -0.940. The van der Waals surface area contributed by atoms with E-state index in [2.05, 4.69) is 13.8 Å². The molecule has 1 heterocycles. The lowest BCUT2D eigenvalue weighted by molar-refractivity contribution is -0.128. The maximum absolute atomic E-state index is 12.1. The van der Waals surface area contributed by atoms with Crippen molar-refractivity contribution in [2.24, 2.45) is 5.92 Å². The minimum atomic E-state index is 0.0824. The number of amides is 1. The van der Waals surface area contributed by atoms with Gasteiger partial charge in [-0.25, -0.2) is 0 Å². The molecule has 1 fully saturated rings. The molecule has 120 valence electrons. The summed E-state index contributed by atoms with van der Waals surface area (Å²) in [6, 6.07) is 9.31. The van der Waals surface area contributed by atoms with E-state index < -0.39 is 0 Å². The van der Waals surface area contributed by atoms with Gasteiger partial charge in [-0.3, -0.25) is 9.59 Å². The zero-order valence-electron chi connectivity index (χ0n) is 13.2. The van der Waals surface area contributed by atoms with Crippen LogP contribution >= 0.6 is 23.5 Å². The lowest BCUT2D eigenvalue weighted by Crippen LogP contribution is -2.38. The number of nitrogens with zero attached hydrogens (tertiary/aromatic N) is 1. The fourth-order valence-electron chi connectivity index (χ4n) is 2.70. The van der Waals surface area contributed by atoms with Gasteiger partial charge in [0.1, 0.15) is 0 Å². The molecule has 1 aliphatic rings. The number of carbonyl (C=O) groups excluding carboxylic acids is 2. The molecular weight excluding hydrogens is 314 g/mol. The zero-order chi connectivity index (χ0) is 15.9. The minimum absolute atomic E-state index is 0.0824. The van der Waals surface area contributed by atoms with Crippen molar-refractivity contribution < 1.29 is 9.59 Å². The SMILES string of the molecule is CCC(CC)C1SCC(=O)N1CCSC(=O)c1ccccc1. The van der Waals surface area contributed by atoms with E-state index in [4.69, 9.17) is 0 Å². The molecule has 0 aromatic heterocycles. The summed E-state index contributed by atoms with van der Waals surface area (Å²) in [5.74, 6) is 2.01. The Morgan fingerprint density at radius 1 is 1.32 bits per heavy atom. The van der Waals surface area contributed by atoms with Gasteiger partial charge in [0.2, 0.25) is 11.0 Å². The average Bonchev–Trinajstić information content (AvgIpc) is 2.91. The molecule has 1 atom stereocenters. The van der Waals surface area contributed by atoms with Crippen molar-refractivity contribution in [3.05, 3.63) is 35.9 Å². The lowest BCUT2D eigenvalue weighted by Gasteiger charge is -2.29. The number of hydrogen-bond acceptors (Lipinski definition) is 4. The van der Waals surface area contributed by atoms with Crippen LogP contribution in [-0.4, -0.2) is 39.3 Å². The molecule has 5 heteroatoms. The standard InChI is InChI=1S/C17H23NO2S2/c1-3-13(4-2)16-18(15(19)12-22-16)10-11-21-17(20)14-8-6-5-7-9-14/h5-9,13,16H,3-4,10-12H2,1-2H3. The monoisotopic (exact) mass is 337 g/mol. The first-order valence-electron chi connectivity index (χ1n) is 7.80. The number of rotatable bonds is 7. The quantitative estimate of drug-likeness (QED) is 0.756. The third-order valence-corrected chi connectivity index (χ3v) is 6.31. The molecule has 1 aromatic carbocycles. The molecule has 3 nitrogen and oxygen atoms in total. The van der Waals surface area contributed by atoms with E-state index in [9.17, 15) is 9.59 Å². The van der Waals surface area contributed by atoms with Gasteiger partial charge in [-0.1, -0.05) is 68.8 Å². The van der Waals surface area contributed by atoms with Gasteiger partial charge < -0.3 is 4.90 Å². The summed E-state index contributed by atoms with van der Waals surface area (Å²) in [4.78, 5) is 26.1. The van der Waals surface area contributed by atoms with Crippen LogP contribution in [0.25, 0.3) is 0 Å². The summed E-state index contributed by atoms with van der Waals surface area (Å²) >= 11 is 3.06. The van der Waals surface area contributed by atoms with Crippen LogP contribution in [0.2, 0.25) is 0 Å². The van der Waals surface area contributed by atoms with Crippen LogP contribution < -0.4 is 0 Å². The summed E-state index contributed by atoms with van der Waals surface area (Å²) in [7, 11) is 0. The van der Waals surface area contributed by atoms with Crippen molar-refractivity contribution in [1.82, 2.24) is 4.90 Å².